The van der Waals surface area contributed by atoms with Gasteiger partial charge in [-0.2, -0.15) is 4.98 Å². The number of esters is 1. The van der Waals surface area contributed by atoms with Gasteiger partial charge in [0, 0.05) is 0 Å². The Labute approximate surface area is 122 Å². The molecule has 0 N–H and O–H groups in total. The van der Waals surface area contributed by atoms with E-state index in [9.17, 15) is 4.79 Å². The third kappa shape index (κ3) is 1.73. The Bertz CT molecular complexity index is 685. The first-order valence-electron chi connectivity index (χ1n) is 7.20. The van der Waals surface area contributed by atoms with E-state index in [1.807, 2.05) is 18.2 Å². The highest BCUT2D eigenvalue weighted by atomic mass is 16.5. The molecule has 1 heterocycles. The van der Waals surface area contributed by atoms with Gasteiger partial charge in [-0.3, -0.25) is 4.79 Å². The molecule has 0 aliphatic heterocycles. The number of carbonyl (C=O) groups excluding carboxylic acids is 1. The van der Waals surface area contributed by atoms with Gasteiger partial charge in [0.2, 0.25) is 5.89 Å². The molecule has 4 rings (SSSR count). The van der Waals surface area contributed by atoms with E-state index in [1.54, 1.807) is 0 Å². The van der Waals surface area contributed by atoms with Crippen LogP contribution >= 0.6 is 0 Å². The highest BCUT2D eigenvalue weighted by Gasteiger charge is 2.59. The van der Waals surface area contributed by atoms with Gasteiger partial charge in [0.15, 0.2) is 5.82 Å². The maximum Gasteiger partial charge on any atom is 0.321 e. The highest BCUT2D eigenvalue weighted by molar-refractivity contribution is 5.85. The van der Waals surface area contributed by atoms with E-state index >= 15 is 0 Å². The monoisotopic (exact) mass is 284 g/mol. The third-order valence-electron chi connectivity index (χ3n) is 4.67. The van der Waals surface area contributed by atoms with E-state index in [2.05, 4.69) is 22.3 Å². The summed E-state index contributed by atoms with van der Waals surface area (Å²) in [4.78, 5) is 16.4. The zero-order valence-electron chi connectivity index (χ0n) is 11.8. The van der Waals surface area contributed by atoms with Crippen LogP contribution in [0, 0.1) is 0 Å². The molecule has 0 saturated heterocycles. The van der Waals surface area contributed by atoms with Gasteiger partial charge in [-0.25, -0.2) is 0 Å². The van der Waals surface area contributed by atoms with Crippen LogP contribution in [0.4, 0.5) is 0 Å². The molecule has 0 spiro atoms. The quantitative estimate of drug-likeness (QED) is 0.806. The summed E-state index contributed by atoms with van der Waals surface area (Å²) in [5.41, 5.74) is 0.391. The standard InChI is InChI=1S/C16H16N2O3/c1-20-14(19)16(9-10-16)13-17-12(18-21-13)15(7-8-15)11-5-3-2-4-6-11/h2-6H,7-10H2,1H3. The molecule has 0 radical (unpaired) electrons. The zero-order valence-corrected chi connectivity index (χ0v) is 11.8. The summed E-state index contributed by atoms with van der Waals surface area (Å²) in [7, 11) is 1.39. The summed E-state index contributed by atoms with van der Waals surface area (Å²) in [6, 6.07) is 10.2. The molecule has 5 heteroatoms. The van der Waals surface area contributed by atoms with E-state index in [1.165, 1.54) is 12.7 Å². The van der Waals surface area contributed by atoms with Crippen molar-refractivity contribution in [3.05, 3.63) is 47.6 Å². The Hall–Kier alpha value is -2.17. The van der Waals surface area contributed by atoms with Crippen LogP contribution in [-0.4, -0.2) is 23.2 Å². The minimum absolute atomic E-state index is 0.130. The average Bonchev–Trinajstić information content (AvgIpc) is 3.46. The molecule has 2 aliphatic rings. The molecule has 2 fully saturated rings. The van der Waals surface area contributed by atoms with Crippen LogP contribution in [0.5, 0.6) is 0 Å². The number of hydrogen-bond acceptors (Lipinski definition) is 5. The van der Waals surface area contributed by atoms with Gasteiger partial charge in [-0.1, -0.05) is 35.5 Å². The van der Waals surface area contributed by atoms with Crippen molar-refractivity contribution in [3.63, 3.8) is 0 Å². The van der Waals surface area contributed by atoms with Gasteiger partial charge in [0.25, 0.3) is 0 Å². The molecule has 0 bridgehead atoms. The van der Waals surface area contributed by atoms with Crippen LogP contribution in [-0.2, 0) is 20.4 Å². The van der Waals surface area contributed by atoms with Gasteiger partial charge in [0.1, 0.15) is 5.41 Å². The SMILES string of the molecule is COC(=O)C1(c2nc(C3(c4ccccc4)CC3)no2)CC1. The number of ether oxygens (including phenoxy) is 1. The van der Waals surface area contributed by atoms with Gasteiger partial charge >= 0.3 is 5.97 Å². The van der Waals surface area contributed by atoms with Gasteiger partial charge < -0.3 is 9.26 Å². The second kappa shape index (κ2) is 4.16. The first-order valence-corrected chi connectivity index (χ1v) is 7.20. The topological polar surface area (TPSA) is 65.2 Å². The second-order valence-electron chi connectivity index (χ2n) is 5.94. The van der Waals surface area contributed by atoms with Gasteiger partial charge in [0.05, 0.1) is 12.5 Å². The van der Waals surface area contributed by atoms with Crippen LogP contribution in [0.3, 0.4) is 0 Å². The lowest BCUT2D eigenvalue weighted by molar-refractivity contribution is -0.144. The number of hydrogen-bond donors (Lipinski definition) is 0. The summed E-state index contributed by atoms with van der Waals surface area (Å²) >= 11 is 0. The Morgan fingerprint density at radius 3 is 2.48 bits per heavy atom. The smallest absolute Gasteiger partial charge is 0.321 e. The van der Waals surface area contributed by atoms with Crippen molar-refractivity contribution in [3.8, 4) is 0 Å². The molecule has 21 heavy (non-hydrogen) atoms. The van der Waals surface area contributed by atoms with Crippen molar-refractivity contribution in [2.75, 3.05) is 7.11 Å². The van der Waals surface area contributed by atoms with Gasteiger partial charge in [-0.05, 0) is 31.2 Å². The molecule has 0 atom stereocenters. The molecule has 1 aromatic heterocycles. The lowest BCUT2D eigenvalue weighted by Gasteiger charge is -2.10. The van der Waals surface area contributed by atoms with Crippen LogP contribution in [0.15, 0.2) is 34.9 Å². The summed E-state index contributed by atoms with van der Waals surface area (Å²) < 4.78 is 10.3. The van der Waals surface area contributed by atoms with E-state index < -0.39 is 5.41 Å². The number of rotatable bonds is 4. The molecule has 5 nitrogen and oxygen atoms in total. The van der Waals surface area contributed by atoms with E-state index in [4.69, 9.17) is 9.26 Å². The minimum atomic E-state index is -0.688. The third-order valence-corrected chi connectivity index (χ3v) is 4.67. The molecular formula is C16H16N2O3. The zero-order chi connectivity index (χ0) is 14.5. The number of nitrogens with zero attached hydrogens (tertiary/aromatic N) is 2. The number of aromatic nitrogens is 2. The maximum absolute atomic E-state index is 11.9. The van der Waals surface area contributed by atoms with Crippen molar-refractivity contribution in [2.24, 2.45) is 0 Å². The van der Waals surface area contributed by atoms with E-state index in [-0.39, 0.29) is 11.4 Å². The Balaban J connectivity index is 1.69. The van der Waals surface area contributed by atoms with Crippen LogP contribution in [0.1, 0.15) is 43.0 Å². The lowest BCUT2D eigenvalue weighted by Crippen LogP contribution is -2.22. The summed E-state index contributed by atoms with van der Waals surface area (Å²) in [5, 5.41) is 4.16. The van der Waals surface area contributed by atoms with Crippen molar-refractivity contribution >= 4 is 5.97 Å². The van der Waals surface area contributed by atoms with Crippen molar-refractivity contribution in [2.45, 2.75) is 36.5 Å². The molecule has 1 aromatic carbocycles. The second-order valence-corrected chi connectivity index (χ2v) is 5.94. The molecule has 2 aliphatic carbocycles. The van der Waals surface area contributed by atoms with E-state index in [0.717, 1.165) is 25.7 Å². The van der Waals surface area contributed by atoms with Crippen molar-refractivity contribution < 1.29 is 14.1 Å². The maximum atomic E-state index is 11.9. The summed E-state index contributed by atoms with van der Waals surface area (Å²) in [5.74, 6) is 0.827. The summed E-state index contributed by atoms with van der Waals surface area (Å²) in [6.07, 6.45) is 3.47. The fraction of sp³-hybridized carbons (Fsp3) is 0.438. The molecular weight excluding hydrogens is 268 g/mol. The van der Waals surface area contributed by atoms with Crippen molar-refractivity contribution in [1.82, 2.24) is 10.1 Å². The lowest BCUT2D eigenvalue weighted by atomic mass is 9.95. The highest BCUT2D eigenvalue weighted by Crippen LogP contribution is 2.54. The van der Waals surface area contributed by atoms with Crippen molar-refractivity contribution in [1.29, 1.82) is 0 Å². The predicted molar refractivity (Wildman–Crippen MR) is 73.7 cm³/mol. The Morgan fingerprint density at radius 1 is 1.19 bits per heavy atom. The normalized spacial score (nSPS) is 20.8. The Morgan fingerprint density at radius 2 is 1.90 bits per heavy atom. The van der Waals surface area contributed by atoms with Crippen LogP contribution in [0.2, 0.25) is 0 Å². The first-order chi connectivity index (χ1) is 10.2. The molecule has 0 amide bonds. The Kier molecular flexibility index (Phi) is 2.49. The number of benzene rings is 1. The molecule has 0 unspecified atom stereocenters. The summed E-state index contributed by atoms with van der Waals surface area (Å²) in [6.45, 7) is 0. The predicted octanol–water partition coefficient (Wildman–Crippen LogP) is 2.35. The fourth-order valence-corrected chi connectivity index (χ4v) is 2.96. The molecule has 2 saturated carbocycles. The van der Waals surface area contributed by atoms with Crippen LogP contribution in [0.25, 0.3) is 0 Å². The average molecular weight is 284 g/mol. The van der Waals surface area contributed by atoms with Gasteiger partial charge in [-0.15, -0.1) is 0 Å². The largest absolute Gasteiger partial charge is 0.468 e. The first kappa shape index (κ1) is 12.6. The number of methoxy groups -OCH3 is 1. The molecule has 108 valence electrons. The van der Waals surface area contributed by atoms with E-state index in [0.29, 0.717) is 11.7 Å². The number of carbonyl (C=O) groups is 1. The fourth-order valence-electron chi connectivity index (χ4n) is 2.96. The minimum Gasteiger partial charge on any atom is -0.468 e. The molecule has 2 aromatic rings. The van der Waals surface area contributed by atoms with Crippen LogP contribution < -0.4 is 0 Å².